The van der Waals surface area contributed by atoms with Crippen LogP contribution in [0.2, 0.25) is 0 Å². The smallest absolute Gasteiger partial charge is 0.312 e. The van der Waals surface area contributed by atoms with Gasteiger partial charge in [0.1, 0.15) is 0 Å². The average molecular weight is 320 g/mol. The number of aliphatic hydroxyl groups excluding tert-OH is 1. The third-order valence-corrected chi connectivity index (χ3v) is 4.04. The molecule has 118 valence electrons. The van der Waals surface area contributed by atoms with Crippen molar-refractivity contribution in [3.05, 3.63) is 28.3 Å². The van der Waals surface area contributed by atoms with Crippen LogP contribution < -0.4 is 9.46 Å². The molecule has 0 bridgehead atoms. The van der Waals surface area contributed by atoms with Crippen molar-refractivity contribution in [3.63, 3.8) is 0 Å². The highest BCUT2D eigenvalue weighted by Gasteiger charge is 2.25. The van der Waals surface area contributed by atoms with Crippen molar-refractivity contribution < 1.29 is 28.3 Å². The Hall–Kier alpha value is -1.75. The fraction of sp³-hybridized carbons (Fsp3) is 0.455. The third kappa shape index (κ3) is 4.36. The summed E-state index contributed by atoms with van der Waals surface area (Å²) in [6.45, 7) is 0.163. The Morgan fingerprint density at radius 3 is 2.57 bits per heavy atom. The van der Waals surface area contributed by atoms with E-state index in [2.05, 4.69) is 4.72 Å². The molecule has 21 heavy (non-hydrogen) atoms. The zero-order valence-electron chi connectivity index (χ0n) is 11.4. The van der Waals surface area contributed by atoms with Crippen molar-refractivity contribution in [1.29, 1.82) is 0 Å². The number of nitrogens with one attached hydrogen (secondary N) is 1. The minimum Gasteiger partial charge on any atom is -0.490 e. The Balaban J connectivity index is 3.09. The highest BCUT2D eigenvalue weighted by molar-refractivity contribution is 7.89. The number of nitro benzene ring substituents is 1. The third-order valence-electron chi connectivity index (χ3n) is 2.64. The Kier molecular flexibility index (Phi) is 5.23. The van der Waals surface area contributed by atoms with Gasteiger partial charge in [-0.05, 0) is 19.1 Å². The summed E-state index contributed by atoms with van der Waals surface area (Å²) in [7, 11) is -2.84. The van der Waals surface area contributed by atoms with Gasteiger partial charge in [-0.3, -0.25) is 10.1 Å². The maximum atomic E-state index is 12.0. The molecule has 1 rings (SSSR count). The monoisotopic (exact) mass is 320 g/mol. The summed E-state index contributed by atoms with van der Waals surface area (Å²) < 4.78 is 30.8. The molecular formula is C11H16N2O7S. The number of benzene rings is 1. The van der Waals surface area contributed by atoms with Crippen molar-refractivity contribution >= 4 is 15.7 Å². The van der Waals surface area contributed by atoms with Crippen LogP contribution in [0.4, 0.5) is 5.69 Å². The molecule has 9 nitrogen and oxygen atoms in total. The van der Waals surface area contributed by atoms with Gasteiger partial charge < -0.3 is 14.9 Å². The average Bonchev–Trinajstić information content (AvgIpc) is 2.44. The molecule has 0 aliphatic rings. The SMILES string of the molecule is COc1ccc(S(=O)(=O)NCC(C)(O)CO)cc1[N+](=O)[O-]. The van der Waals surface area contributed by atoms with E-state index in [4.69, 9.17) is 9.84 Å². The van der Waals surface area contributed by atoms with Gasteiger partial charge >= 0.3 is 5.69 Å². The minimum atomic E-state index is -4.07. The van der Waals surface area contributed by atoms with Crippen molar-refractivity contribution in [2.75, 3.05) is 20.3 Å². The number of nitrogens with zero attached hydrogens (tertiary/aromatic N) is 1. The van der Waals surface area contributed by atoms with E-state index >= 15 is 0 Å². The first-order chi connectivity index (χ1) is 9.63. The normalized spacial score (nSPS) is 14.5. The van der Waals surface area contributed by atoms with E-state index in [1.807, 2.05) is 0 Å². The van der Waals surface area contributed by atoms with E-state index in [9.17, 15) is 23.6 Å². The number of hydrogen-bond acceptors (Lipinski definition) is 7. The van der Waals surface area contributed by atoms with E-state index in [-0.39, 0.29) is 10.6 Å². The van der Waals surface area contributed by atoms with E-state index in [0.29, 0.717) is 0 Å². The van der Waals surface area contributed by atoms with E-state index in [0.717, 1.165) is 18.2 Å². The summed E-state index contributed by atoms with van der Waals surface area (Å²) in [5.41, 5.74) is -2.12. The second-order valence-corrected chi connectivity index (χ2v) is 6.34. The largest absolute Gasteiger partial charge is 0.490 e. The second kappa shape index (κ2) is 6.35. The molecule has 10 heteroatoms. The van der Waals surface area contributed by atoms with Gasteiger partial charge in [0, 0.05) is 12.6 Å². The zero-order valence-corrected chi connectivity index (χ0v) is 12.3. The van der Waals surface area contributed by atoms with E-state index < -0.39 is 39.4 Å². The molecule has 0 aliphatic carbocycles. The molecule has 0 heterocycles. The molecule has 0 saturated heterocycles. The van der Waals surface area contributed by atoms with E-state index in [1.54, 1.807) is 0 Å². The molecule has 0 aromatic heterocycles. The molecule has 0 saturated carbocycles. The molecule has 1 atom stereocenters. The molecule has 0 aliphatic heterocycles. The predicted octanol–water partition coefficient (Wildman–Crippen LogP) is -0.375. The summed E-state index contributed by atoms with van der Waals surface area (Å²) in [6, 6.07) is 3.16. The molecule has 0 amide bonds. The maximum absolute atomic E-state index is 12.0. The standard InChI is InChI=1S/C11H16N2O7S/c1-11(15,7-14)6-12-21(18,19)8-3-4-10(20-2)9(5-8)13(16)17/h3-5,12,14-15H,6-7H2,1-2H3. The fourth-order valence-electron chi connectivity index (χ4n) is 1.37. The topological polar surface area (TPSA) is 139 Å². The number of ether oxygens (including phenoxy) is 1. The van der Waals surface area contributed by atoms with Crippen LogP contribution in [-0.2, 0) is 10.0 Å². The number of aliphatic hydroxyl groups is 2. The Morgan fingerprint density at radius 1 is 1.48 bits per heavy atom. The molecule has 1 aromatic carbocycles. The number of methoxy groups -OCH3 is 1. The van der Waals surface area contributed by atoms with Gasteiger partial charge in [0.05, 0.1) is 29.1 Å². The van der Waals surface area contributed by atoms with Crippen LogP contribution in [0.3, 0.4) is 0 Å². The van der Waals surface area contributed by atoms with Gasteiger partial charge in [-0.1, -0.05) is 0 Å². The number of hydrogen-bond donors (Lipinski definition) is 3. The van der Waals surface area contributed by atoms with Gasteiger partial charge in [0.25, 0.3) is 0 Å². The van der Waals surface area contributed by atoms with Gasteiger partial charge in [-0.15, -0.1) is 0 Å². The lowest BCUT2D eigenvalue weighted by Gasteiger charge is -2.20. The first-order valence-electron chi connectivity index (χ1n) is 5.78. The Labute approximate surface area is 121 Å². The first kappa shape index (κ1) is 17.3. The zero-order chi connectivity index (χ0) is 16.3. The quantitative estimate of drug-likeness (QED) is 0.460. The number of nitro groups is 1. The Bertz CT molecular complexity index is 627. The predicted molar refractivity (Wildman–Crippen MR) is 72.5 cm³/mol. The van der Waals surface area contributed by atoms with Crippen LogP contribution in [0.5, 0.6) is 5.75 Å². The summed E-state index contributed by atoms with van der Waals surface area (Å²) >= 11 is 0. The van der Waals surface area contributed by atoms with Crippen LogP contribution in [-0.4, -0.2) is 49.4 Å². The van der Waals surface area contributed by atoms with Gasteiger partial charge in [0.2, 0.25) is 10.0 Å². The molecule has 1 aromatic rings. The van der Waals surface area contributed by atoms with Crippen molar-refractivity contribution in [2.24, 2.45) is 0 Å². The second-order valence-electron chi connectivity index (χ2n) is 4.57. The lowest BCUT2D eigenvalue weighted by Crippen LogP contribution is -2.43. The summed E-state index contributed by atoms with van der Waals surface area (Å²) in [5.74, 6) is -0.0682. The summed E-state index contributed by atoms with van der Waals surface area (Å²) in [5, 5.41) is 29.3. The summed E-state index contributed by atoms with van der Waals surface area (Å²) in [4.78, 5) is 9.75. The van der Waals surface area contributed by atoms with Crippen LogP contribution >= 0.6 is 0 Å². The van der Waals surface area contributed by atoms with E-state index in [1.165, 1.54) is 14.0 Å². The fourth-order valence-corrected chi connectivity index (χ4v) is 2.55. The number of sulfonamides is 1. The molecule has 0 fully saturated rings. The van der Waals surface area contributed by atoms with Gasteiger partial charge in [-0.25, -0.2) is 13.1 Å². The molecular weight excluding hydrogens is 304 g/mol. The van der Waals surface area contributed by atoms with Crippen LogP contribution in [0.25, 0.3) is 0 Å². The van der Waals surface area contributed by atoms with Gasteiger partial charge in [0.15, 0.2) is 5.75 Å². The first-order valence-corrected chi connectivity index (χ1v) is 7.26. The van der Waals surface area contributed by atoms with Crippen LogP contribution in [0.15, 0.2) is 23.1 Å². The minimum absolute atomic E-state index is 0.0682. The highest BCUT2D eigenvalue weighted by atomic mass is 32.2. The maximum Gasteiger partial charge on any atom is 0.312 e. The van der Waals surface area contributed by atoms with Gasteiger partial charge in [-0.2, -0.15) is 0 Å². The molecule has 0 radical (unpaired) electrons. The number of rotatable bonds is 7. The van der Waals surface area contributed by atoms with Crippen molar-refractivity contribution in [2.45, 2.75) is 17.4 Å². The lowest BCUT2D eigenvalue weighted by atomic mass is 10.1. The molecule has 1 unspecified atom stereocenters. The molecule has 3 N–H and O–H groups in total. The van der Waals surface area contributed by atoms with Crippen molar-refractivity contribution in [3.8, 4) is 5.75 Å². The van der Waals surface area contributed by atoms with Crippen LogP contribution in [0, 0.1) is 10.1 Å². The summed E-state index contributed by atoms with van der Waals surface area (Å²) in [6.07, 6.45) is 0. The molecule has 0 spiro atoms. The van der Waals surface area contributed by atoms with Crippen LogP contribution in [0.1, 0.15) is 6.92 Å². The van der Waals surface area contributed by atoms with Crippen molar-refractivity contribution in [1.82, 2.24) is 4.72 Å². The lowest BCUT2D eigenvalue weighted by molar-refractivity contribution is -0.386. The Morgan fingerprint density at radius 2 is 2.10 bits per heavy atom. The highest BCUT2D eigenvalue weighted by Crippen LogP contribution is 2.29.